The zero-order valence-electron chi connectivity index (χ0n) is 14.1. The van der Waals surface area contributed by atoms with E-state index in [9.17, 15) is 9.59 Å². The van der Waals surface area contributed by atoms with Gasteiger partial charge in [-0.2, -0.15) is 0 Å². The Morgan fingerprint density at radius 3 is 2.52 bits per heavy atom. The lowest BCUT2D eigenvalue weighted by Gasteiger charge is -2.43. The molecule has 6 nitrogen and oxygen atoms in total. The smallest absolute Gasteiger partial charge is 0.312 e. The summed E-state index contributed by atoms with van der Waals surface area (Å²) in [5, 5.41) is 10.1. The monoisotopic (exact) mass is 356 g/mol. The van der Waals surface area contributed by atoms with Crippen molar-refractivity contribution in [3.63, 3.8) is 0 Å². The molecule has 0 spiro atoms. The van der Waals surface area contributed by atoms with Crippen molar-refractivity contribution < 1.29 is 9.59 Å². The number of amides is 2. The Kier molecular flexibility index (Phi) is 4.25. The number of piperazine rings is 1. The molecule has 130 valence electrons. The van der Waals surface area contributed by atoms with Gasteiger partial charge in [-0.05, 0) is 26.2 Å². The van der Waals surface area contributed by atoms with E-state index in [1.165, 1.54) is 11.3 Å². The third kappa shape index (κ3) is 2.93. The molecule has 0 radical (unpaired) electrons. The Labute approximate surface area is 150 Å². The molecule has 2 aromatic rings. The highest BCUT2D eigenvalue weighted by atomic mass is 32.1. The zero-order valence-corrected chi connectivity index (χ0v) is 14.9. The van der Waals surface area contributed by atoms with Crippen LogP contribution < -0.4 is 0 Å². The molecular weight excluding hydrogens is 336 g/mol. The lowest BCUT2D eigenvalue weighted by atomic mass is 9.91. The molecule has 1 saturated heterocycles. The predicted molar refractivity (Wildman–Crippen MR) is 94.8 cm³/mol. The van der Waals surface area contributed by atoms with Crippen molar-refractivity contribution in [2.24, 2.45) is 0 Å². The van der Waals surface area contributed by atoms with Crippen LogP contribution in [0.5, 0.6) is 0 Å². The van der Waals surface area contributed by atoms with Crippen LogP contribution in [0.2, 0.25) is 0 Å². The van der Waals surface area contributed by atoms with Gasteiger partial charge in [-0.25, -0.2) is 0 Å². The van der Waals surface area contributed by atoms with Crippen LogP contribution in [-0.2, 0) is 9.59 Å². The van der Waals surface area contributed by atoms with Crippen LogP contribution >= 0.6 is 11.3 Å². The summed E-state index contributed by atoms with van der Waals surface area (Å²) in [4.78, 5) is 28.4. The summed E-state index contributed by atoms with van der Waals surface area (Å²) in [5.41, 5.74) is 1.01. The Bertz CT molecular complexity index is 787. The van der Waals surface area contributed by atoms with Gasteiger partial charge in [0, 0.05) is 24.7 Å². The quantitative estimate of drug-likeness (QED) is 0.790. The molecule has 1 saturated carbocycles. The van der Waals surface area contributed by atoms with Crippen LogP contribution in [0.4, 0.5) is 0 Å². The Balaban J connectivity index is 1.49. The third-order valence-electron chi connectivity index (χ3n) is 5.09. The van der Waals surface area contributed by atoms with Gasteiger partial charge in [-0.3, -0.25) is 9.59 Å². The molecule has 2 heterocycles. The van der Waals surface area contributed by atoms with Gasteiger partial charge in [0.25, 0.3) is 0 Å². The number of carbonyl (C=O) groups excluding carboxylic acids is 2. The van der Waals surface area contributed by atoms with Crippen LogP contribution in [0.1, 0.15) is 37.2 Å². The second-order valence-corrected chi connectivity index (χ2v) is 7.58. The predicted octanol–water partition coefficient (Wildman–Crippen LogP) is 2.49. The lowest BCUT2D eigenvalue weighted by Crippen LogP contribution is -2.58. The second-order valence-electron chi connectivity index (χ2n) is 6.57. The van der Waals surface area contributed by atoms with Crippen LogP contribution in [0, 0.1) is 0 Å². The Morgan fingerprint density at radius 2 is 1.84 bits per heavy atom. The molecule has 7 heteroatoms. The molecule has 1 aromatic heterocycles. The maximum atomic E-state index is 12.6. The Morgan fingerprint density at radius 1 is 1.08 bits per heavy atom. The molecule has 2 aliphatic rings. The molecule has 1 atom stereocenters. The van der Waals surface area contributed by atoms with Gasteiger partial charge in [0.15, 0.2) is 0 Å². The van der Waals surface area contributed by atoms with Crippen molar-refractivity contribution in [2.75, 3.05) is 13.1 Å². The average molecular weight is 356 g/mol. The van der Waals surface area contributed by atoms with Gasteiger partial charge in [-0.15, -0.1) is 10.2 Å². The Hall–Kier alpha value is -2.28. The molecule has 0 N–H and O–H groups in total. The van der Waals surface area contributed by atoms with E-state index in [0.717, 1.165) is 34.8 Å². The van der Waals surface area contributed by atoms with E-state index in [1.807, 2.05) is 37.3 Å². The largest absolute Gasteiger partial charge is 0.330 e. The number of carbonyl (C=O) groups is 2. The summed E-state index contributed by atoms with van der Waals surface area (Å²) >= 11 is 1.47. The van der Waals surface area contributed by atoms with Crippen LogP contribution in [0.25, 0.3) is 10.6 Å². The first kappa shape index (κ1) is 16.2. The van der Waals surface area contributed by atoms with Gasteiger partial charge < -0.3 is 9.80 Å². The van der Waals surface area contributed by atoms with Crippen molar-refractivity contribution in [1.29, 1.82) is 0 Å². The van der Waals surface area contributed by atoms with Crippen molar-refractivity contribution in [1.82, 2.24) is 20.0 Å². The molecule has 1 aliphatic heterocycles. The first-order chi connectivity index (χ1) is 12.1. The zero-order chi connectivity index (χ0) is 17.4. The van der Waals surface area contributed by atoms with E-state index in [0.29, 0.717) is 13.1 Å². The molecule has 1 aromatic carbocycles. The summed E-state index contributed by atoms with van der Waals surface area (Å²) in [6, 6.07) is 9.88. The fourth-order valence-corrected chi connectivity index (χ4v) is 4.23. The van der Waals surface area contributed by atoms with Crippen molar-refractivity contribution >= 4 is 23.2 Å². The first-order valence-corrected chi connectivity index (χ1v) is 9.47. The topological polar surface area (TPSA) is 66.4 Å². The van der Waals surface area contributed by atoms with Gasteiger partial charge in [0.2, 0.25) is 0 Å². The van der Waals surface area contributed by atoms with Crippen molar-refractivity contribution in [2.45, 2.75) is 38.3 Å². The summed E-state index contributed by atoms with van der Waals surface area (Å²) in [7, 11) is 0. The van der Waals surface area contributed by atoms with Gasteiger partial charge in [-0.1, -0.05) is 41.7 Å². The maximum Gasteiger partial charge on any atom is 0.312 e. The highest BCUT2D eigenvalue weighted by molar-refractivity contribution is 7.14. The summed E-state index contributed by atoms with van der Waals surface area (Å²) < 4.78 is 0. The highest BCUT2D eigenvalue weighted by Gasteiger charge is 2.40. The lowest BCUT2D eigenvalue weighted by molar-refractivity contribution is -0.160. The first-order valence-electron chi connectivity index (χ1n) is 8.65. The molecule has 1 aliphatic carbocycles. The molecular formula is C18H20N4O2S. The number of rotatable bonds is 4. The summed E-state index contributed by atoms with van der Waals surface area (Å²) in [6.45, 7) is 3.09. The van der Waals surface area contributed by atoms with Crippen molar-refractivity contribution in [3.8, 4) is 10.6 Å². The van der Waals surface area contributed by atoms with Gasteiger partial charge in [0.1, 0.15) is 10.0 Å². The molecule has 4 rings (SSSR count). The van der Waals surface area contributed by atoms with Gasteiger partial charge in [0.05, 0.1) is 6.04 Å². The van der Waals surface area contributed by atoms with E-state index in [-0.39, 0.29) is 18.0 Å². The minimum Gasteiger partial charge on any atom is -0.330 e. The molecule has 25 heavy (non-hydrogen) atoms. The summed E-state index contributed by atoms with van der Waals surface area (Å²) in [6.07, 6.45) is 3.19. The normalized spacial score (nSPS) is 19.9. The van der Waals surface area contributed by atoms with E-state index in [4.69, 9.17) is 0 Å². The van der Waals surface area contributed by atoms with E-state index >= 15 is 0 Å². The van der Waals surface area contributed by atoms with Gasteiger partial charge >= 0.3 is 11.8 Å². The molecule has 2 fully saturated rings. The number of nitrogens with zero attached hydrogens (tertiary/aromatic N) is 4. The van der Waals surface area contributed by atoms with Crippen LogP contribution in [0.15, 0.2) is 30.3 Å². The number of hydrogen-bond donors (Lipinski definition) is 0. The third-order valence-corrected chi connectivity index (χ3v) is 6.23. The number of benzene rings is 1. The second kappa shape index (κ2) is 6.55. The highest BCUT2D eigenvalue weighted by Crippen LogP contribution is 2.32. The van der Waals surface area contributed by atoms with Crippen LogP contribution in [-0.4, -0.2) is 50.9 Å². The van der Waals surface area contributed by atoms with E-state index in [1.54, 1.807) is 9.80 Å². The van der Waals surface area contributed by atoms with Crippen LogP contribution in [0.3, 0.4) is 0 Å². The minimum absolute atomic E-state index is 0.241. The minimum atomic E-state index is -0.415. The fourth-order valence-electron chi connectivity index (χ4n) is 3.31. The van der Waals surface area contributed by atoms with E-state index < -0.39 is 5.91 Å². The summed E-state index contributed by atoms with van der Waals surface area (Å²) in [5.74, 6) is -0.780. The standard InChI is InChI=1S/C18H20N4O2S/c1-12(15-19-20-16(25-15)13-6-3-2-4-7-13)21-10-11-22(14-8-5-9-14)18(24)17(21)23/h2-4,6-7,12,14H,5,8-11H2,1H3/t12-/m1/s1. The molecule has 0 unspecified atom stereocenters. The number of hydrogen-bond acceptors (Lipinski definition) is 5. The molecule has 0 bridgehead atoms. The van der Waals surface area contributed by atoms with E-state index in [2.05, 4.69) is 10.2 Å². The maximum absolute atomic E-state index is 12.6. The fraction of sp³-hybridized carbons (Fsp3) is 0.444. The SMILES string of the molecule is C[C@H](c1nnc(-c2ccccc2)s1)N1CCN(C2CCC2)C(=O)C1=O. The van der Waals surface area contributed by atoms with Crippen molar-refractivity contribution in [3.05, 3.63) is 35.3 Å². The average Bonchev–Trinajstić information content (AvgIpc) is 3.08. The molecule has 2 amide bonds. The number of aromatic nitrogens is 2.